The summed E-state index contributed by atoms with van der Waals surface area (Å²) in [5.74, 6) is 0. The van der Waals surface area contributed by atoms with Gasteiger partial charge in [0.1, 0.15) is 19.8 Å². The zero-order chi connectivity index (χ0) is 17.2. The van der Waals surface area contributed by atoms with Crippen molar-refractivity contribution in [3.8, 4) is 0 Å². The minimum atomic E-state index is -3.68. The smallest absolute Gasteiger partial charge is 0.475 e. The molecule has 0 aromatic carbocycles. The van der Waals surface area contributed by atoms with Crippen molar-refractivity contribution in [1.29, 1.82) is 0 Å². The molecule has 0 fully saturated rings. The third-order valence-corrected chi connectivity index (χ3v) is 3.55. The molecule has 0 aliphatic carbocycles. The summed E-state index contributed by atoms with van der Waals surface area (Å²) in [5, 5.41) is 0. The van der Waals surface area contributed by atoms with Crippen molar-refractivity contribution in [2.24, 2.45) is 0 Å². The third kappa shape index (κ3) is 14.1. The van der Waals surface area contributed by atoms with E-state index in [2.05, 4.69) is 0 Å². The minimum absolute atomic E-state index is 0.0764. The van der Waals surface area contributed by atoms with Crippen LogP contribution in [0.2, 0.25) is 0 Å². The molecule has 0 aromatic heterocycles. The van der Waals surface area contributed by atoms with Crippen LogP contribution in [0.1, 0.15) is 20.8 Å². The Morgan fingerprint density at radius 2 is 0.913 bits per heavy atom. The highest BCUT2D eigenvalue weighted by atomic mass is 31.2. The van der Waals surface area contributed by atoms with Crippen LogP contribution in [0.25, 0.3) is 0 Å². The molecule has 0 spiro atoms. The number of ether oxygens (including phenoxy) is 3. The Kier molecular flexibility index (Phi) is 14.8. The van der Waals surface area contributed by atoms with Gasteiger partial charge in [0.25, 0.3) is 0 Å². The first-order valence-corrected chi connectivity index (χ1v) is 8.86. The van der Waals surface area contributed by atoms with Crippen LogP contribution in [0.15, 0.2) is 37.0 Å². The van der Waals surface area contributed by atoms with Crippen LogP contribution in [-0.4, -0.2) is 39.6 Å². The van der Waals surface area contributed by atoms with E-state index in [0.29, 0.717) is 0 Å². The molecule has 23 heavy (non-hydrogen) atoms. The van der Waals surface area contributed by atoms with E-state index in [1.54, 1.807) is 18.2 Å². The van der Waals surface area contributed by atoms with E-state index in [0.717, 1.165) is 0 Å². The van der Waals surface area contributed by atoms with Gasteiger partial charge in [-0.1, -0.05) is 18.2 Å². The lowest BCUT2D eigenvalue weighted by Gasteiger charge is -2.17. The van der Waals surface area contributed by atoms with Gasteiger partial charge in [-0.15, -0.1) is 0 Å². The van der Waals surface area contributed by atoms with E-state index in [4.69, 9.17) is 27.8 Å². The topological polar surface area (TPSA) is 72.5 Å². The fraction of sp³-hybridized carbons (Fsp3) is 0.600. The minimum Gasteiger partial charge on any atom is -0.499 e. The second-order valence-corrected chi connectivity index (χ2v) is 5.64. The van der Waals surface area contributed by atoms with Crippen molar-refractivity contribution in [1.82, 2.24) is 0 Å². The molecular formula is C15H27O7P. The van der Waals surface area contributed by atoms with Crippen LogP contribution in [-0.2, 0) is 32.3 Å². The van der Waals surface area contributed by atoms with Gasteiger partial charge in [-0.3, -0.25) is 13.6 Å². The summed E-state index contributed by atoms with van der Waals surface area (Å²) in [4.78, 5) is 0. The van der Waals surface area contributed by atoms with E-state index in [9.17, 15) is 4.57 Å². The number of hydrogen-bond acceptors (Lipinski definition) is 7. The Bertz CT molecular complexity index is 336. The molecule has 0 heterocycles. The van der Waals surface area contributed by atoms with Gasteiger partial charge in [0.15, 0.2) is 0 Å². The number of phosphoric acid groups is 1. The van der Waals surface area contributed by atoms with Gasteiger partial charge >= 0.3 is 7.82 Å². The third-order valence-electron chi connectivity index (χ3n) is 2.05. The fourth-order valence-corrected chi connectivity index (χ4v) is 2.31. The molecule has 0 aliphatic rings. The van der Waals surface area contributed by atoms with E-state index < -0.39 is 7.82 Å². The molecule has 0 bridgehead atoms. The zero-order valence-corrected chi connectivity index (χ0v) is 14.9. The maximum Gasteiger partial charge on any atom is 0.475 e. The van der Waals surface area contributed by atoms with Crippen LogP contribution < -0.4 is 0 Å². The fourth-order valence-electron chi connectivity index (χ4n) is 1.20. The van der Waals surface area contributed by atoms with Crippen LogP contribution in [0.4, 0.5) is 0 Å². The lowest BCUT2D eigenvalue weighted by molar-refractivity contribution is 0.0668. The standard InChI is InChI=1S/C15H27O7P/c1-4-7-17-10-13-20-23(16,21-14-11-18-8-5-2)22-15-12-19-9-6-3/h4-9H,10-15H2,1-3H3. The molecule has 0 radical (unpaired) electrons. The molecule has 0 aromatic rings. The predicted octanol–water partition coefficient (Wildman–Crippen LogP) is 3.79. The maximum atomic E-state index is 12.4. The van der Waals surface area contributed by atoms with E-state index in [1.165, 1.54) is 18.8 Å². The van der Waals surface area contributed by atoms with Gasteiger partial charge in [0, 0.05) is 0 Å². The molecule has 0 saturated heterocycles. The highest BCUT2D eigenvalue weighted by Crippen LogP contribution is 2.49. The van der Waals surface area contributed by atoms with Crippen LogP contribution >= 0.6 is 7.82 Å². The lowest BCUT2D eigenvalue weighted by Crippen LogP contribution is -2.10. The molecular weight excluding hydrogens is 323 g/mol. The van der Waals surface area contributed by atoms with Gasteiger partial charge in [0.05, 0.1) is 38.6 Å². The summed E-state index contributed by atoms with van der Waals surface area (Å²) in [5.41, 5.74) is 0. The SMILES string of the molecule is CC=COCCOP(=O)(OCCOC=CC)OCCOC=CC. The van der Waals surface area contributed by atoms with E-state index in [1.807, 2.05) is 20.8 Å². The molecule has 134 valence electrons. The second-order valence-electron chi connectivity index (χ2n) is 3.97. The number of phosphoric ester groups is 1. The molecule has 0 rings (SSSR count). The van der Waals surface area contributed by atoms with Crippen LogP contribution in [0.3, 0.4) is 0 Å². The highest BCUT2D eigenvalue weighted by Gasteiger charge is 2.26. The maximum absolute atomic E-state index is 12.4. The number of allylic oxidation sites excluding steroid dienone is 3. The summed E-state index contributed by atoms with van der Waals surface area (Å²) < 4.78 is 43.3. The first kappa shape index (κ1) is 21.7. The lowest BCUT2D eigenvalue weighted by atomic mass is 10.7. The average molecular weight is 350 g/mol. The predicted molar refractivity (Wildman–Crippen MR) is 87.8 cm³/mol. The molecule has 7 nitrogen and oxygen atoms in total. The molecule has 8 heteroatoms. The van der Waals surface area contributed by atoms with Crippen molar-refractivity contribution in [3.05, 3.63) is 37.0 Å². The van der Waals surface area contributed by atoms with E-state index in [-0.39, 0.29) is 39.6 Å². The van der Waals surface area contributed by atoms with Crippen molar-refractivity contribution in [2.45, 2.75) is 20.8 Å². The second kappa shape index (κ2) is 15.6. The summed E-state index contributed by atoms with van der Waals surface area (Å²) >= 11 is 0. The summed E-state index contributed by atoms with van der Waals surface area (Å²) in [7, 11) is -3.68. The van der Waals surface area contributed by atoms with E-state index >= 15 is 0 Å². The Morgan fingerprint density at radius 3 is 1.17 bits per heavy atom. The Hall–Kier alpha value is -1.27. The van der Waals surface area contributed by atoms with Gasteiger partial charge in [-0.05, 0) is 20.8 Å². The summed E-state index contributed by atoms with van der Waals surface area (Å²) in [6, 6.07) is 0. The largest absolute Gasteiger partial charge is 0.499 e. The molecule has 0 aliphatic heterocycles. The zero-order valence-electron chi connectivity index (χ0n) is 14.0. The molecule has 0 amide bonds. The number of hydrogen-bond donors (Lipinski definition) is 0. The Balaban J connectivity index is 4.18. The van der Waals surface area contributed by atoms with Crippen molar-refractivity contribution in [2.75, 3.05) is 39.6 Å². The van der Waals surface area contributed by atoms with Gasteiger partial charge in [-0.2, -0.15) is 0 Å². The summed E-state index contributed by atoms with van der Waals surface area (Å²) in [6.45, 7) is 6.43. The van der Waals surface area contributed by atoms with Gasteiger partial charge < -0.3 is 14.2 Å². The van der Waals surface area contributed by atoms with Crippen LogP contribution in [0, 0.1) is 0 Å². The first-order chi connectivity index (χ1) is 11.2. The highest BCUT2D eigenvalue weighted by molar-refractivity contribution is 7.48. The summed E-state index contributed by atoms with van der Waals surface area (Å²) in [6.07, 6.45) is 9.78. The van der Waals surface area contributed by atoms with Crippen molar-refractivity contribution >= 4 is 7.82 Å². The molecule has 0 saturated carbocycles. The van der Waals surface area contributed by atoms with Gasteiger partial charge in [0.2, 0.25) is 0 Å². The van der Waals surface area contributed by atoms with Crippen LogP contribution in [0.5, 0.6) is 0 Å². The monoisotopic (exact) mass is 350 g/mol. The molecule has 0 atom stereocenters. The van der Waals surface area contributed by atoms with Crippen molar-refractivity contribution in [3.63, 3.8) is 0 Å². The molecule has 0 N–H and O–H groups in total. The quantitative estimate of drug-likeness (QED) is 0.253. The Morgan fingerprint density at radius 1 is 0.609 bits per heavy atom. The first-order valence-electron chi connectivity index (χ1n) is 7.40. The van der Waals surface area contributed by atoms with Gasteiger partial charge in [-0.25, -0.2) is 4.57 Å². The molecule has 0 unspecified atom stereocenters. The average Bonchev–Trinajstić information content (AvgIpc) is 2.54. The number of rotatable bonds is 15. The Labute approximate surface area is 138 Å². The van der Waals surface area contributed by atoms with Crippen molar-refractivity contribution < 1.29 is 32.3 Å². The normalized spacial score (nSPS) is 14.6.